The number of aliphatic carboxylic acids is 1. The Morgan fingerprint density at radius 2 is 2.08 bits per heavy atom. The van der Waals surface area contributed by atoms with Crippen molar-refractivity contribution in [2.75, 3.05) is 30.8 Å². The maximum atomic E-state index is 12.6. The molecule has 26 heavy (non-hydrogen) atoms. The summed E-state index contributed by atoms with van der Waals surface area (Å²) in [5.74, 6) is -1.47. The molecule has 0 aliphatic carbocycles. The lowest BCUT2D eigenvalue weighted by atomic mass is 9.97. The average molecular weight is 384 g/mol. The third-order valence-corrected chi connectivity index (χ3v) is 5.42. The molecule has 1 heterocycles. The Bertz CT molecular complexity index is 807. The zero-order valence-electron chi connectivity index (χ0n) is 15.1. The predicted octanol–water partition coefficient (Wildman–Crippen LogP) is 1.01. The molecular formula is C17H24N2O6S. The number of anilines is 1. The number of benzene rings is 1. The van der Waals surface area contributed by atoms with Gasteiger partial charge in [0.05, 0.1) is 30.5 Å². The Kier molecular flexibility index (Phi) is 5.92. The van der Waals surface area contributed by atoms with Gasteiger partial charge < -0.3 is 15.2 Å². The van der Waals surface area contributed by atoms with E-state index in [9.17, 15) is 18.0 Å². The first-order chi connectivity index (χ1) is 12.1. The molecule has 0 bridgehead atoms. The van der Waals surface area contributed by atoms with Crippen LogP contribution in [0.4, 0.5) is 5.69 Å². The molecule has 2 rings (SSSR count). The molecule has 9 heteroatoms. The van der Waals surface area contributed by atoms with E-state index in [1.54, 1.807) is 25.1 Å². The Labute approximate surface area is 153 Å². The van der Waals surface area contributed by atoms with Gasteiger partial charge >= 0.3 is 5.97 Å². The van der Waals surface area contributed by atoms with Crippen LogP contribution >= 0.6 is 0 Å². The van der Waals surface area contributed by atoms with E-state index in [1.807, 2.05) is 0 Å². The second-order valence-electron chi connectivity index (χ2n) is 6.80. The van der Waals surface area contributed by atoms with Gasteiger partial charge in [-0.1, -0.05) is 0 Å². The molecule has 0 saturated carbocycles. The summed E-state index contributed by atoms with van der Waals surface area (Å²) in [5, 5.41) is 11.8. The number of sulfonamides is 1. The maximum Gasteiger partial charge on any atom is 0.305 e. The van der Waals surface area contributed by atoms with Crippen molar-refractivity contribution < 1.29 is 27.9 Å². The lowest BCUT2D eigenvalue weighted by molar-refractivity contribution is -0.139. The minimum Gasteiger partial charge on any atom is -0.481 e. The van der Waals surface area contributed by atoms with E-state index < -0.39 is 27.4 Å². The first kappa shape index (κ1) is 20.2. The van der Waals surface area contributed by atoms with E-state index in [2.05, 4.69) is 5.32 Å². The Morgan fingerprint density at radius 1 is 1.38 bits per heavy atom. The predicted molar refractivity (Wildman–Crippen MR) is 97.0 cm³/mol. The lowest BCUT2D eigenvalue weighted by Gasteiger charge is -2.30. The van der Waals surface area contributed by atoms with Crippen LogP contribution in [0.2, 0.25) is 0 Å². The number of aryl methyl sites for hydroxylation is 1. The van der Waals surface area contributed by atoms with Gasteiger partial charge in [-0.2, -0.15) is 0 Å². The number of rotatable bonds is 7. The molecular weight excluding hydrogens is 360 g/mol. The smallest absolute Gasteiger partial charge is 0.305 e. The van der Waals surface area contributed by atoms with Crippen LogP contribution in [0, 0.1) is 0 Å². The highest BCUT2D eigenvalue weighted by atomic mass is 32.2. The normalized spacial score (nSPS) is 16.5. The van der Waals surface area contributed by atoms with Gasteiger partial charge in [0.2, 0.25) is 10.0 Å². The fraction of sp³-hybridized carbons (Fsp3) is 0.529. The summed E-state index contributed by atoms with van der Waals surface area (Å²) in [6, 6.07) is 4.83. The van der Waals surface area contributed by atoms with Crippen molar-refractivity contribution in [1.29, 1.82) is 0 Å². The highest BCUT2D eigenvalue weighted by molar-refractivity contribution is 7.92. The summed E-state index contributed by atoms with van der Waals surface area (Å²) in [4.78, 5) is 23.6. The topological polar surface area (TPSA) is 113 Å². The number of fused-ring (bicyclic) bond motifs is 1. The van der Waals surface area contributed by atoms with Crippen LogP contribution in [0.15, 0.2) is 18.2 Å². The quantitative estimate of drug-likeness (QED) is 0.725. The molecule has 8 nitrogen and oxygen atoms in total. The van der Waals surface area contributed by atoms with E-state index in [4.69, 9.17) is 9.84 Å². The summed E-state index contributed by atoms with van der Waals surface area (Å²) >= 11 is 0. The molecule has 0 spiro atoms. The van der Waals surface area contributed by atoms with Crippen molar-refractivity contribution >= 4 is 27.6 Å². The van der Waals surface area contributed by atoms with Gasteiger partial charge in [-0.05, 0) is 43.5 Å². The molecule has 0 saturated heterocycles. The lowest BCUT2D eigenvalue weighted by Crippen LogP contribution is -2.50. The number of amides is 1. The van der Waals surface area contributed by atoms with Crippen molar-refractivity contribution in [2.45, 2.75) is 31.7 Å². The van der Waals surface area contributed by atoms with E-state index in [1.165, 1.54) is 11.4 Å². The number of hydrogen-bond acceptors (Lipinski definition) is 5. The number of carboxylic acids is 1. The maximum absolute atomic E-state index is 12.6. The van der Waals surface area contributed by atoms with Gasteiger partial charge in [0.15, 0.2) is 0 Å². The number of carboxylic acid groups (broad SMARTS) is 1. The van der Waals surface area contributed by atoms with E-state index in [-0.39, 0.29) is 13.0 Å². The van der Waals surface area contributed by atoms with Gasteiger partial charge in [0, 0.05) is 19.2 Å². The molecule has 1 aliphatic rings. The monoisotopic (exact) mass is 384 g/mol. The van der Waals surface area contributed by atoms with Crippen molar-refractivity contribution in [2.24, 2.45) is 0 Å². The van der Waals surface area contributed by atoms with Crippen LogP contribution in [0.5, 0.6) is 0 Å². The van der Waals surface area contributed by atoms with Crippen LogP contribution in [-0.2, 0) is 26.0 Å². The van der Waals surface area contributed by atoms with E-state index in [0.717, 1.165) is 11.8 Å². The van der Waals surface area contributed by atoms with E-state index in [0.29, 0.717) is 30.6 Å². The zero-order chi connectivity index (χ0) is 19.5. The summed E-state index contributed by atoms with van der Waals surface area (Å²) in [7, 11) is -1.94. The van der Waals surface area contributed by atoms with Crippen molar-refractivity contribution in [3.63, 3.8) is 0 Å². The van der Waals surface area contributed by atoms with Gasteiger partial charge in [0.1, 0.15) is 0 Å². The van der Waals surface area contributed by atoms with Crippen molar-refractivity contribution in [1.82, 2.24) is 5.32 Å². The minimum absolute atomic E-state index is 0.0534. The Balaban J connectivity index is 2.27. The fourth-order valence-corrected chi connectivity index (χ4v) is 4.17. The van der Waals surface area contributed by atoms with Crippen molar-refractivity contribution in [3.8, 4) is 0 Å². The highest BCUT2D eigenvalue weighted by Crippen LogP contribution is 2.30. The third-order valence-electron chi connectivity index (χ3n) is 4.24. The molecule has 0 fully saturated rings. The number of methoxy groups -OCH3 is 1. The third kappa shape index (κ3) is 4.73. The molecule has 1 unspecified atom stereocenters. The molecule has 1 aromatic rings. The standard InChI is InChI=1S/C17H24N2O6S/c1-17(11-25-2,10-15(20)21)18-16(22)13-6-7-14-12(9-13)5-4-8-19(14)26(3,23)24/h6-7,9H,4-5,8,10-11H2,1-3H3,(H,18,22)(H,20,21). The largest absolute Gasteiger partial charge is 0.481 e. The Hall–Kier alpha value is -2.13. The molecule has 1 atom stereocenters. The van der Waals surface area contributed by atoms with Crippen LogP contribution in [0.3, 0.4) is 0 Å². The van der Waals surface area contributed by atoms with Gasteiger partial charge in [-0.25, -0.2) is 8.42 Å². The average Bonchev–Trinajstić information content (AvgIpc) is 2.51. The first-order valence-corrected chi connectivity index (χ1v) is 10.0. The summed E-state index contributed by atoms with van der Waals surface area (Å²) in [5.41, 5.74) is 0.667. The minimum atomic E-state index is -3.37. The number of carbonyl (C=O) groups excluding carboxylic acids is 1. The summed E-state index contributed by atoms with van der Waals surface area (Å²) in [6.07, 6.45) is 2.22. The number of carbonyl (C=O) groups is 2. The molecule has 1 aromatic carbocycles. The number of nitrogens with one attached hydrogen (secondary N) is 1. The van der Waals surface area contributed by atoms with E-state index >= 15 is 0 Å². The molecule has 1 amide bonds. The van der Waals surface area contributed by atoms with Gasteiger partial charge in [0.25, 0.3) is 5.91 Å². The van der Waals surface area contributed by atoms with Gasteiger partial charge in [-0.15, -0.1) is 0 Å². The number of hydrogen-bond donors (Lipinski definition) is 2. The highest BCUT2D eigenvalue weighted by Gasteiger charge is 2.31. The van der Waals surface area contributed by atoms with Crippen LogP contribution in [-0.4, -0.2) is 57.5 Å². The fourth-order valence-electron chi connectivity index (χ4n) is 3.18. The zero-order valence-corrected chi connectivity index (χ0v) is 15.9. The molecule has 0 aromatic heterocycles. The molecule has 1 aliphatic heterocycles. The molecule has 144 valence electrons. The van der Waals surface area contributed by atoms with Crippen molar-refractivity contribution in [3.05, 3.63) is 29.3 Å². The summed E-state index contributed by atoms with van der Waals surface area (Å²) in [6.45, 7) is 2.08. The summed E-state index contributed by atoms with van der Waals surface area (Å²) < 4.78 is 30.2. The second-order valence-corrected chi connectivity index (χ2v) is 8.71. The second kappa shape index (κ2) is 7.63. The molecule has 0 radical (unpaired) electrons. The van der Waals surface area contributed by atoms with Crippen LogP contribution in [0.1, 0.15) is 35.7 Å². The van der Waals surface area contributed by atoms with Crippen LogP contribution in [0.25, 0.3) is 0 Å². The van der Waals surface area contributed by atoms with Crippen LogP contribution < -0.4 is 9.62 Å². The van der Waals surface area contributed by atoms with Gasteiger partial charge in [-0.3, -0.25) is 13.9 Å². The SMILES string of the molecule is COCC(C)(CC(=O)O)NC(=O)c1ccc2c(c1)CCCN2S(C)(=O)=O. The number of nitrogens with zero attached hydrogens (tertiary/aromatic N) is 1. The number of ether oxygens (including phenoxy) is 1. The molecule has 2 N–H and O–H groups in total. The Morgan fingerprint density at radius 3 is 2.65 bits per heavy atom. The first-order valence-electron chi connectivity index (χ1n) is 8.20.